The molecule has 0 radical (unpaired) electrons. The van der Waals surface area contributed by atoms with E-state index in [0.29, 0.717) is 11.7 Å². The number of aryl methyl sites for hydroxylation is 1. The number of nitrogens with zero attached hydrogens (tertiary/aromatic N) is 1. The van der Waals surface area contributed by atoms with Crippen molar-refractivity contribution in [3.63, 3.8) is 0 Å². The van der Waals surface area contributed by atoms with Gasteiger partial charge in [-0.1, -0.05) is 48.0 Å². The first-order valence-electron chi connectivity index (χ1n) is 7.71. The number of amides is 1. The van der Waals surface area contributed by atoms with E-state index in [1.54, 1.807) is 0 Å². The van der Waals surface area contributed by atoms with Crippen LogP contribution in [-0.2, 0) is 4.79 Å². The molecule has 0 aliphatic heterocycles. The largest absolute Gasteiger partial charge is 0.493 e. The van der Waals surface area contributed by atoms with Crippen molar-refractivity contribution in [1.29, 1.82) is 0 Å². The number of ether oxygens (including phenoxy) is 1. The van der Waals surface area contributed by atoms with Crippen molar-refractivity contribution in [3.8, 4) is 17.0 Å². The number of carbonyl (C=O) groups excluding carboxylic acids is 1. The molecule has 1 heterocycles. The topological polar surface area (TPSA) is 51.2 Å². The molecular weight excluding hydrogens is 320 g/mol. The van der Waals surface area contributed by atoms with Crippen LogP contribution in [0.4, 0.5) is 5.13 Å². The van der Waals surface area contributed by atoms with Crippen molar-refractivity contribution in [3.05, 3.63) is 65.5 Å². The SMILES string of the molecule is Cc1ccc(OCCC(=O)Nc2nc(-c3ccccc3)cs2)cc1. The van der Waals surface area contributed by atoms with Gasteiger partial charge in [0.25, 0.3) is 0 Å². The zero-order chi connectivity index (χ0) is 16.8. The summed E-state index contributed by atoms with van der Waals surface area (Å²) in [5.74, 6) is 0.671. The number of rotatable bonds is 6. The van der Waals surface area contributed by atoms with Crippen LogP contribution in [0, 0.1) is 6.92 Å². The molecule has 1 aromatic heterocycles. The molecule has 1 amide bonds. The Morgan fingerprint density at radius 1 is 1.12 bits per heavy atom. The standard InChI is InChI=1S/C19H18N2O2S/c1-14-7-9-16(10-8-14)23-12-11-18(22)21-19-20-17(13-24-19)15-5-3-2-4-6-15/h2-10,13H,11-12H2,1H3,(H,20,21,22). The Balaban J connectivity index is 1.48. The minimum Gasteiger partial charge on any atom is -0.493 e. The van der Waals surface area contributed by atoms with Crippen molar-refractivity contribution >= 4 is 22.4 Å². The Morgan fingerprint density at radius 2 is 1.88 bits per heavy atom. The molecule has 3 aromatic rings. The molecule has 122 valence electrons. The second-order valence-electron chi connectivity index (χ2n) is 5.36. The molecule has 0 fully saturated rings. The third kappa shape index (κ3) is 4.43. The minimum absolute atomic E-state index is 0.101. The molecule has 4 nitrogen and oxygen atoms in total. The fraction of sp³-hybridized carbons (Fsp3) is 0.158. The second-order valence-corrected chi connectivity index (χ2v) is 6.22. The molecule has 2 aromatic carbocycles. The van der Waals surface area contributed by atoms with Crippen molar-refractivity contribution in [2.24, 2.45) is 0 Å². The van der Waals surface area contributed by atoms with Crippen LogP contribution >= 0.6 is 11.3 Å². The first-order valence-corrected chi connectivity index (χ1v) is 8.59. The van der Waals surface area contributed by atoms with E-state index < -0.39 is 0 Å². The number of aromatic nitrogens is 1. The molecule has 1 N–H and O–H groups in total. The van der Waals surface area contributed by atoms with Crippen LogP contribution in [0.2, 0.25) is 0 Å². The van der Waals surface area contributed by atoms with Gasteiger partial charge in [0.15, 0.2) is 5.13 Å². The number of hydrogen-bond donors (Lipinski definition) is 1. The molecular formula is C19H18N2O2S. The number of nitrogens with one attached hydrogen (secondary N) is 1. The van der Waals surface area contributed by atoms with Gasteiger partial charge in [0.05, 0.1) is 18.7 Å². The predicted molar refractivity (Wildman–Crippen MR) is 97.5 cm³/mol. The summed E-state index contributed by atoms with van der Waals surface area (Å²) in [6.07, 6.45) is 0.286. The molecule has 0 atom stereocenters. The first kappa shape index (κ1) is 16.2. The maximum absolute atomic E-state index is 12.0. The van der Waals surface area contributed by atoms with Crippen LogP contribution < -0.4 is 10.1 Å². The molecule has 0 saturated heterocycles. The molecule has 0 aliphatic carbocycles. The van der Waals surface area contributed by atoms with Crippen LogP contribution in [0.3, 0.4) is 0 Å². The highest BCUT2D eigenvalue weighted by molar-refractivity contribution is 7.14. The van der Waals surface area contributed by atoms with E-state index >= 15 is 0 Å². The van der Waals surface area contributed by atoms with E-state index in [9.17, 15) is 4.79 Å². The number of benzene rings is 2. The summed E-state index contributed by atoms with van der Waals surface area (Å²) in [5, 5.41) is 5.36. The normalized spacial score (nSPS) is 10.4. The van der Waals surface area contributed by atoms with Crippen LogP contribution in [0.25, 0.3) is 11.3 Å². The predicted octanol–water partition coefficient (Wildman–Crippen LogP) is 4.53. The van der Waals surface area contributed by atoms with Crippen molar-refractivity contribution in [1.82, 2.24) is 4.98 Å². The number of anilines is 1. The summed E-state index contributed by atoms with van der Waals surface area (Å²) in [7, 11) is 0. The van der Waals surface area contributed by atoms with Gasteiger partial charge in [-0.15, -0.1) is 11.3 Å². The molecule has 0 spiro atoms. The lowest BCUT2D eigenvalue weighted by atomic mass is 10.2. The molecule has 3 rings (SSSR count). The lowest BCUT2D eigenvalue weighted by molar-refractivity contribution is -0.116. The molecule has 0 aliphatic rings. The van der Waals surface area contributed by atoms with Crippen LogP contribution in [0.5, 0.6) is 5.75 Å². The van der Waals surface area contributed by atoms with E-state index in [0.717, 1.165) is 17.0 Å². The van der Waals surface area contributed by atoms with Crippen LogP contribution in [0.15, 0.2) is 60.0 Å². The fourth-order valence-corrected chi connectivity index (χ4v) is 2.89. The smallest absolute Gasteiger partial charge is 0.229 e. The summed E-state index contributed by atoms with van der Waals surface area (Å²) in [6, 6.07) is 17.7. The van der Waals surface area contributed by atoms with Crippen molar-refractivity contribution < 1.29 is 9.53 Å². The van der Waals surface area contributed by atoms with E-state index in [1.807, 2.05) is 66.9 Å². The van der Waals surface area contributed by atoms with Crippen LogP contribution in [0.1, 0.15) is 12.0 Å². The average molecular weight is 338 g/mol. The zero-order valence-electron chi connectivity index (χ0n) is 13.4. The molecule has 0 unspecified atom stereocenters. The minimum atomic E-state index is -0.101. The monoisotopic (exact) mass is 338 g/mol. The van der Waals surface area contributed by atoms with Gasteiger partial charge in [-0.25, -0.2) is 4.98 Å². The Bertz CT molecular complexity index is 798. The third-order valence-corrected chi connectivity index (χ3v) is 4.20. The molecule has 0 bridgehead atoms. The highest BCUT2D eigenvalue weighted by Crippen LogP contribution is 2.24. The highest BCUT2D eigenvalue weighted by Gasteiger charge is 2.08. The Labute approximate surface area is 145 Å². The highest BCUT2D eigenvalue weighted by atomic mass is 32.1. The van der Waals surface area contributed by atoms with Crippen molar-refractivity contribution in [2.75, 3.05) is 11.9 Å². The fourth-order valence-electron chi connectivity index (χ4n) is 2.15. The van der Waals surface area contributed by atoms with Gasteiger partial charge in [-0.2, -0.15) is 0 Å². The summed E-state index contributed by atoms with van der Waals surface area (Å²) in [6.45, 7) is 2.36. The molecule has 24 heavy (non-hydrogen) atoms. The van der Waals surface area contributed by atoms with Crippen molar-refractivity contribution in [2.45, 2.75) is 13.3 Å². The Hall–Kier alpha value is -2.66. The Kier molecular flexibility index (Phi) is 5.23. The summed E-state index contributed by atoms with van der Waals surface area (Å²) >= 11 is 1.42. The maximum Gasteiger partial charge on any atom is 0.229 e. The lowest BCUT2D eigenvalue weighted by Crippen LogP contribution is -2.15. The van der Waals surface area contributed by atoms with E-state index in [-0.39, 0.29) is 12.3 Å². The third-order valence-electron chi connectivity index (χ3n) is 3.44. The second kappa shape index (κ2) is 7.75. The molecule has 5 heteroatoms. The van der Waals surface area contributed by atoms with E-state index in [2.05, 4.69) is 10.3 Å². The Morgan fingerprint density at radius 3 is 2.62 bits per heavy atom. The number of hydrogen-bond acceptors (Lipinski definition) is 4. The quantitative estimate of drug-likeness (QED) is 0.718. The average Bonchev–Trinajstić information content (AvgIpc) is 3.06. The van der Waals surface area contributed by atoms with Gasteiger partial charge >= 0.3 is 0 Å². The zero-order valence-corrected chi connectivity index (χ0v) is 14.2. The first-order chi connectivity index (χ1) is 11.7. The van der Waals surface area contributed by atoms with Gasteiger partial charge < -0.3 is 10.1 Å². The van der Waals surface area contributed by atoms with Gasteiger partial charge in [0.2, 0.25) is 5.91 Å². The van der Waals surface area contributed by atoms with Crippen LogP contribution in [-0.4, -0.2) is 17.5 Å². The molecule has 0 saturated carbocycles. The van der Waals surface area contributed by atoms with E-state index in [4.69, 9.17) is 4.74 Å². The number of carbonyl (C=O) groups is 1. The van der Waals surface area contributed by atoms with Gasteiger partial charge in [0, 0.05) is 10.9 Å². The van der Waals surface area contributed by atoms with Gasteiger partial charge in [0.1, 0.15) is 5.75 Å². The maximum atomic E-state index is 12.0. The van der Waals surface area contributed by atoms with Gasteiger partial charge in [-0.05, 0) is 19.1 Å². The van der Waals surface area contributed by atoms with Gasteiger partial charge in [-0.3, -0.25) is 4.79 Å². The number of thiazole rings is 1. The lowest BCUT2D eigenvalue weighted by Gasteiger charge is -2.06. The summed E-state index contributed by atoms with van der Waals surface area (Å²) in [4.78, 5) is 16.4. The summed E-state index contributed by atoms with van der Waals surface area (Å²) < 4.78 is 5.57. The van der Waals surface area contributed by atoms with E-state index in [1.165, 1.54) is 16.9 Å². The summed E-state index contributed by atoms with van der Waals surface area (Å²) in [5.41, 5.74) is 3.09.